The molecule has 0 bridgehead atoms. The molecular formula is C34H61N7O7S. The Hall–Kier alpha value is -3.30. The molecule has 0 spiro atoms. The summed E-state index contributed by atoms with van der Waals surface area (Å²) in [5, 5.41) is 10.8. The molecule has 5 amide bonds. The van der Waals surface area contributed by atoms with Crippen LogP contribution in [0.2, 0.25) is 0 Å². The van der Waals surface area contributed by atoms with Crippen LogP contribution in [-0.2, 0) is 29.4 Å². The summed E-state index contributed by atoms with van der Waals surface area (Å²) in [5.74, 6) is -3.01. The maximum absolute atomic E-state index is 14.4. The van der Waals surface area contributed by atoms with Crippen molar-refractivity contribution < 1.29 is 32.4 Å². The zero-order valence-corrected chi connectivity index (χ0v) is 32.4. The minimum atomic E-state index is -3.75. The van der Waals surface area contributed by atoms with Crippen LogP contribution in [0.3, 0.4) is 0 Å². The van der Waals surface area contributed by atoms with Gasteiger partial charge in [-0.05, 0) is 35.5 Å². The maximum Gasteiger partial charge on any atom is 0.315 e. The number of allylic oxidation sites excluding steroid dienone is 1. The number of ketones is 1. The molecule has 5 atom stereocenters. The topological polar surface area (TPSA) is 177 Å². The van der Waals surface area contributed by atoms with Gasteiger partial charge in [-0.3, -0.25) is 19.2 Å². The average Bonchev–Trinajstić information content (AvgIpc) is 3.44. The highest BCUT2D eigenvalue weighted by molar-refractivity contribution is 7.86. The van der Waals surface area contributed by atoms with Gasteiger partial charge in [-0.1, -0.05) is 80.5 Å². The molecular weight excluding hydrogens is 650 g/mol. The Morgan fingerprint density at radius 2 is 1.55 bits per heavy atom. The Bertz CT molecular complexity index is 1330. The first-order valence-electron chi connectivity index (χ1n) is 16.8. The van der Waals surface area contributed by atoms with E-state index in [4.69, 9.17) is 0 Å². The van der Waals surface area contributed by atoms with Gasteiger partial charge in [0.05, 0.1) is 0 Å². The van der Waals surface area contributed by atoms with E-state index in [1.165, 1.54) is 38.2 Å². The van der Waals surface area contributed by atoms with E-state index in [-0.39, 0.29) is 31.5 Å². The molecule has 1 saturated heterocycles. The number of Topliss-reactive ketones (excluding diaryl/α,β-unsaturated/α-hetero) is 1. The Balaban J connectivity index is 3.40. The lowest BCUT2D eigenvalue weighted by atomic mass is 9.84. The predicted molar refractivity (Wildman–Crippen MR) is 191 cm³/mol. The first-order chi connectivity index (χ1) is 22.4. The zero-order valence-electron chi connectivity index (χ0n) is 31.5. The Kier molecular flexibility index (Phi) is 16.1. The minimum absolute atomic E-state index is 0.00269. The Morgan fingerprint density at radius 1 is 0.959 bits per heavy atom. The molecule has 0 aromatic carbocycles. The van der Waals surface area contributed by atoms with Gasteiger partial charge >= 0.3 is 6.03 Å². The molecule has 0 aromatic rings. The number of nitrogens with zero attached hydrogens (tertiary/aromatic N) is 3. The second kappa shape index (κ2) is 18.1. The van der Waals surface area contributed by atoms with Gasteiger partial charge in [0.25, 0.3) is 16.1 Å². The van der Waals surface area contributed by atoms with Crippen LogP contribution in [0.15, 0.2) is 24.8 Å². The summed E-state index contributed by atoms with van der Waals surface area (Å²) in [6.07, 6.45) is 5.67. The number of carbonyl (C=O) groups excluding carboxylic acids is 5. The number of hydrogen-bond acceptors (Lipinski definition) is 7. The number of carbonyl (C=O) groups is 5. The monoisotopic (exact) mass is 711 g/mol. The fraction of sp³-hybridized carbons (Fsp3) is 0.735. The molecule has 1 heterocycles. The van der Waals surface area contributed by atoms with Gasteiger partial charge in [0.2, 0.25) is 17.6 Å². The van der Waals surface area contributed by atoms with Gasteiger partial charge in [0.1, 0.15) is 18.1 Å². The molecule has 14 nitrogen and oxygen atoms in total. The highest BCUT2D eigenvalue weighted by Gasteiger charge is 2.48. The number of urea groups is 1. The normalized spacial score (nSPS) is 19.1. The van der Waals surface area contributed by atoms with Crippen molar-refractivity contribution in [3.8, 4) is 0 Å². The van der Waals surface area contributed by atoms with Gasteiger partial charge in [0.15, 0.2) is 0 Å². The van der Waals surface area contributed by atoms with Gasteiger partial charge < -0.3 is 26.2 Å². The third-order valence-corrected chi connectivity index (χ3v) is 10.5. The molecule has 4 N–H and O–H groups in total. The molecule has 0 saturated carbocycles. The highest BCUT2D eigenvalue weighted by atomic mass is 32.2. The van der Waals surface area contributed by atoms with Crippen LogP contribution < -0.4 is 21.3 Å². The van der Waals surface area contributed by atoms with Crippen LogP contribution in [0.25, 0.3) is 0 Å². The number of rotatable bonds is 16. The molecule has 1 aliphatic rings. The summed E-state index contributed by atoms with van der Waals surface area (Å²) < 4.78 is 27.7. The highest BCUT2D eigenvalue weighted by Crippen LogP contribution is 2.33. The van der Waals surface area contributed by atoms with Crippen molar-refractivity contribution in [1.82, 2.24) is 34.8 Å². The van der Waals surface area contributed by atoms with Crippen LogP contribution in [0.5, 0.6) is 0 Å². The van der Waals surface area contributed by atoms with Crippen molar-refractivity contribution in [2.45, 2.75) is 99.3 Å². The molecule has 280 valence electrons. The Labute approximate surface area is 294 Å². The number of likely N-dealkylation sites (N-methyl/N-ethyl adjacent to an activating group) is 1. The molecule has 0 radical (unpaired) electrons. The van der Waals surface area contributed by atoms with E-state index in [1.54, 1.807) is 26.8 Å². The molecule has 1 fully saturated rings. The maximum atomic E-state index is 14.4. The van der Waals surface area contributed by atoms with Crippen molar-refractivity contribution >= 4 is 39.7 Å². The molecule has 0 unspecified atom stereocenters. The van der Waals surface area contributed by atoms with Gasteiger partial charge in [-0.25, -0.2) is 4.79 Å². The molecule has 15 heteroatoms. The summed E-state index contributed by atoms with van der Waals surface area (Å²) in [6.45, 7) is 20.6. The lowest BCUT2D eigenvalue weighted by Crippen LogP contribution is -2.62. The second-order valence-corrected chi connectivity index (χ2v) is 17.5. The lowest BCUT2D eigenvalue weighted by molar-refractivity contribution is -0.144. The first-order valence-corrected chi connectivity index (χ1v) is 18.2. The number of nitrogens with one attached hydrogen (secondary N) is 4. The third kappa shape index (κ3) is 12.2. The van der Waals surface area contributed by atoms with Crippen LogP contribution >= 0.6 is 0 Å². The summed E-state index contributed by atoms with van der Waals surface area (Å²) in [7, 11) is 0.534. The standard InChI is InChI=1S/C34H61N7O7S/c1-14-16-17-24(27(42)30(44)35-19-15-2)36-29(43)26-23(22(3)4)18-20-41(26)31(45)28(34(8,9)10)38-32(46)37-25(33(5,6)7)21-40(13)49(47,48)39(11)12/h15-17,22-26,28H,2,14,18-21H2,1,3-13H3,(H,35,44)(H,36,43)(H2,37,38,46)/b17-16+/t23-,24+,25-,26+,28-/m1/s1. The van der Waals surface area contributed by atoms with Crippen molar-refractivity contribution in [2.24, 2.45) is 22.7 Å². The second-order valence-electron chi connectivity index (χ2n) is 15.3. The lowest BCUT2D eigenvalue weighted by Gasteiger charge is -2.38. The van der Waals surface area contributed by atoms with Gasteiger partial charge in [0, 0.05) is 46.8 Å². The van der Waals surface area contributed by atoms with E-state index in [0.717, 1.165) is 8.61 Å². The van der Waals surface area contributed by atoms with E-state index >= 15 is 0 Å². The molecule has 1 rings (SSSR count). The number of likely N-dealkylation sites (tertiary alicyclic amines) is 1. The van der Waals surface area contributed by atoms with E-state index in [2.05, 4.69) is 27.8 Å². The van der Waals surface area contributed by atoms with Crippen LogP contribution in [0.1, 0.15) is 75.2 Å². The van der Waals surface area contributed by atoms with E-state index < -0.39 is 74.7 Å². The predicted octanol–water partition coefficient (Wildman–Crippen LogP) is 2.05. The third-order valence-electron chi connectivity index (χ3n) is 8.66. The molecule has 0 aliphatic carbocycles. The number of amides is 5. The quantitative estimate of drug-likeness (QED) is 0.140. The van der Waals surface area contributed by atoms with Gasteiger partial charge in [-0.2, -0.15) is 17.0 Å². The summed E-state index contributed by atoms with van der Waals surface area (Å²) in [4.78, 5) is 68.9. The van der Waals surface area contributed by atoms with Crippen molar-refractivity contribution in [2.75, 3.05) is 40.8 Å². The van der Waals surface area contributed by atoms with Crippen molar-refractivity contribution in [3.63, 3.8) is 0 Å². The fourth-order valence-corrected chi connectivity index (χ4v) is 6.41. The first kappa shape index (κ1) is 43.7. The zero-order chi connectivity index (χ0) is 38.1. The molecule has 0 aromatic heterocycles. The van der Waals surface area contributed by atoms with Crippen LogP contribution in [0, 0.1) is 22.7 Å². The van der Waals surface area contributed by atoms with E-state index in [9.17, 15) is 32.4 Å². The largest absolute Gasteiger partial charge is 0.346 e. The smallest absolute Gasteiger partial charge is 0.315 e. The van der Waals surface area contributed by atoms with Crippen LogP contribution in [-0.4, -0.2) is 116 Å². The summed E-state index contributed by atoms with van der Waals surface area (Å²) in [6, 6.07) is -4.57. The van der Waals surface area contributed by atoms with Gasteiger partial charge in [-0.15, -0.1) is 6.58 Å². The Morgan fingerprint density at radius 3 is 2.02 bits per heavy atom. The molecule has 49 heavy (non-hydrogen) atoms. The van der Waals surface area contributed by atoms with E-state index in [1.807, 2.05) is 41.5 Å². The van der Waals surface area contributed by atoms with Crippen molar-refractivity contribution in [1.29, 1.82) is 0 Å². The summed E-state index contributed by atoms with van der Waals surface area (Å²) >= 11 is 0. The summed E-state index contributed by atoms with van der Waals surface area (Å²) in [5.41, 5.74) is -1.35. The van der Waals surface area contributed by atoms with Crippen LogP contribution in [0.4, 0.5) is 4.79 Å². The molecule has 1 aliphatic heterocycles. The fourth-order valence-electron chi connectivity index (χ4n) is 5.51. The van der Waals surface area contributed by atoms with Crippen molar-refractivity contribution in [3.05, 3.63) is 24.8 Å². The average molecular weight is 712 g/mol. The van der Waals surface area contributed by atoms with E-state index in [0.29, 0.717) is 12.8 Å². The number of hydrogen-bond donors (Lipinski definition) is 4. The minimum Gasteiger partial charge on any atom is -0.346 e. The SMILES string of the molecule is C=CCNC(=O)C(=O)[C@H](/C=C/CC)NC(=O)[C@@H]1[C@@H](C(C)C)CCN1C(=O)[C@@H](NC(=O)N[C@H](CN(C)S(=O)(=O)N(C)C)C(C)(C)C)C(C)(C)C.